The number of carbonyl (C=O) groups is 1. The number of hydrogen-bond acceptors (Lipinski definition) is 3. The number of carbonyl (C=O) groups excluding carboxylic acids is 1. The molecule has 6 nitrogen and oxygen atoms in total. The number of amides is 2. The molecule has 1 aromatic heterocycles. The maximum absolute atomic E-state index is 12.2. The van der Waals surface area contributed by atoms with Crippen molar-refractivity contribution in [2.75, 3.05) is 7.11 Å². The zero-order chi connectivity index (χ0) is 15.5. The number of imidazole rings is 1. The monoisotopic (exact) mass is 300 g/mol. The number of aromatic nitrogens is 2. The van der Waals surface area contributed by atoms with Gasteiger partial charge in [0.15, 0.2) is 0 Å². The minimum absolute atomic E-state index is 0.179. The van der Waals surface area contributed by atoms with E-state index in [9.17, 15) is 4.79 Å². The summed E-state index contributed by atoms with van der Waals surface area (Å²) in [5, 5.41) is 5.95. The van der Waals surface area contributed by atoms with Crippen molar-refractivity contribution in [3.63, 3.8) is 0 Å². The van der Waals surface area contributed by atoms with Crippen molar-refractivity contribution in [2.24, 2.45) is 7.05 Å². The Hall–Kier alpha value is -2.50. The van der Waals surface area contributed by atoms with Gasteiger partial charge in [-0.15, -0.1) is 0 Å². The number of urea groups is 1. The molecule has 0 spiro atoms. The molecule has 3 rings (SSSR count). The number of rotatable bonds is 5. The first kappa shape index (κ1) is 14.4. The number of ether oxygens (including phenoxy) is 1. The van der Waals surface area contributed by atoms with Crippen molar-refractivity contribution < 1.29 is 9.53 Å². The second-order valence-electron chi connectivity index (χ2n) is 5.46. The molecule has 0 saturated heterocycles. The lowest BCUT2D eigenvalue weighted by Crippen LogP contribution is -2.40. The molecule has 6 heteroatoms. The van der Waals surface area contributed by atoms with Gasteiger partial charge in [0.25, 0.3) is 0 Å². The molecule has 0 aliphatic heterocycles. The van der Waals surface area contributed by atoms with E-state index in [1.165, 1.54) is 0 Å². The quantitative estimate of drug-likeness (QED) is 0.887. The summed E-state index contributed by atoms with van der Waals surface area (Å²) in [5.41, 5.74) is 0.880. The van der Waals surface area contributed by atoms with Gasteiger partial charge in [-0.25, -0.2) is 9.78 Å². The second kappa shape index (κ2) is 6.09. The van der Waals surface area contributed by atoms with Crippen molar-refractivity contribution in [1.29, 1.82) is 0 Å². The van der Waals surface area contributed by atoms with E-state index in [1.807, 2.05) is 42.1 Å². The Balaban J connectivity index is 1.91. The first-order chi connectivity index (χ1) is 10.7. The van der Waals surface area contributed by atoms with Gasteiger partial charge in [0.05, 0.1) is 7.11 Å². The SMILES string of the molecule is COc1ccccc1C(NC(=O)NC1CC1)c1nccn1C. The van der Waals surface area contributed by atoms with Gasteiger partial charge in [-0.3, -0.25) is 0 Å². The van der Waals surface area contributed by atoms with Crippen molar-refractivity contribution in [1.82, 2.24) is 20.2 Å². The fraction of sp³-hybridized carbons (Fsp3) is 0.375. The van der Waals surface area contributed by atoms with Crippen LogP contribution in [0.25, 0.3) is 0 Å². The van der Waals surface area contributed by atoms with Crippen LogP contribution in [-0.4, -0.2) is 28.7 Å². The fourth-order valence-corrected chi connectivity index (χ4v) is 2.43. The van der Waals surface area contributed by atoms with Crippen LogP contribution in [0.4, 0.5) is 4.79 Å². The number of benzene rings is 1. The van der Waals surface area contributed by atoms with Gasteiger partial charge in [0, 0.05) is 31.0 Å². The van der Waals surface area contributed by atoms with E-state index in [2.05, 4.69) is 15.6 Å². The lowest BCUT2D eigenvalue weighted by Gasteiger charge is -2.21. The number of aryl methyl sites for hydroxylation is 1. The highest BCUT2D eigenvalue weighted by atomic mass is 16.5. The molecule has 1 heterocycles. The van der Waals surface area contributed by atoms with Crippen LogP contribution in [0.15, 0.2) is 36.7 Å². The molecule has 1 aromatic carbocycles. The zero-order valence-electron chi connectivity index (χ0n) is 12.7. The van der Waals surface area contributed by atoms with Gasteiger partial charge in [0.1, 0.15) is 17.6 Å². The highest BCUT2D eigenvalue weighted by Gasteiger charge is 2.27. The standard InChI is InChI=1S/C16H20N4O2/c1-20-10-9-17-15(20)14(19-16(21)18-11-7-8-11)12-5-3-4-6-13(12)22-2/h3-6,9-11,14H,7-8H2,1-2H3,(H2,18,19,21). The van der Waals surface area contributed by atoms with Crippen LogP contribution in [0.3, 0.4) is 0 Å². The van der Waals surface area contributed by atoms with Gasteiger partial charge in [-0.05, 0) is 18.9 Å². The number of hydrogen-bond donors (Lipinski definition) is 2. The van der Waals surface area contributed by atoms with Crippen molar-refractivity contribution in [3.8, 4) is 5.75 Å². The molecule has 1 atom stereocenters. The van der Waals surface area contributed by atoms with Crippen molar-refractivity contribution in [3.05, 3.63) is 48.0 Å². The van der Waals surface area contributed by atoms with E-state index in [4.69, 9.17) is 4.74 Å². The largest absolute Gasteiger partial charge is 0.496 e. The van der Waals surface area contributed by atoms with Crippen molar-refractivity contribution in [2.45, 2.75) is 24.9 Å². The minimum Gasteiger partial charge on any atom is -0.496 e. The summed E-state index contributed by atoms with van der Waals surface area (Å²) in [5.74, 6) is 1.48. The molecule has 1 aliphatic carbocycles. The van der Waals surface area contributed by atoms with E-state index >= 15 is 0 Å². The third kappa shape index (κ3) is 3.05. The highest BCUT2D eigenvalue weighted by Crippen LogP contribution is 2.29. The van der Waals surface area contributed by atoms with Gasteiger partial charge >= 0.3 is 6.03 Å². The molecule has 1 aliphatic rings. The Bertz CT molecular complexity index is 664. The smallest absolute Gasteiger partial charge is 0.315 e. The third-order valence-corrected chi connectivity index (χ3v) is 3.75. The Morgan fingerprint density at radius 2 is 2.18 bits per heavy atom. The van der Waals surface area contributed by atoms with Crippen LogP contribution in [0.1, 0.15) is 30.3 Å². The molecule has 0 bridgehead atoms. The molecule has 1 saturated carbocycles. The van der Waals surface area contributed by atoms with Gasteiger partial charge in [-0.1, -0.05) is 18.2 Å². The molecule has 2 amide bonds. The molecule has 2 aromatic rings. The van der Waals surface area contributed by atoms with E-state index in [-0.39, 0.29) is 12.1 Å². The number of methoxy groups -OCH3 is 1. The Labute approximate surface area is 129 Å². The van der Waals surface area contributed by atoms with Gasteiger partial charge in [-0.2, -0.15) is 0 Å². The molecule has 2 N–H and O–H groups in total. The fourth-order valence-electron chi connectivity index (χ4n) is 2.43. The van der Waals surface area contributed by atoms with E-state index < -0.39 is 0 Å². The van der Waals surface area contributed by atoms with Crippen LogP contribution in [-0.2, 0) is 7.05 Å². The lowest BCUT2D eigenvalue weighted by atomic mass is 10.0. The van der Waals surface area contributed by atoms with Crippen molar-refractivity contribution >= 4 is 6.03 Å². The third-order valence-electron chi connectivity index (χ3n) is 3.75. The van der Waals surface area contributed by atoms with Crippen LogP contribution in [0.2, 0.25) is 0 Å². The number of para-hydroxylation sites is 1. The summed E-state index contributed by atoms with van der Waals surface area (Å²) in [6, 6.07) is 7.41. The van der Waals surface area contributed by atoms with Gasteiger partial charge < -0.3 is 19.9 Å². The van der Waals surface area contributed by atoms with Crippen LogP contribution in [0.5, 0.6) is 5.75 Å². The van der Waals surface area contributed by atoms with E-state index in [1.54, 1.807) is 13.3 Å². The predicted molar refractivity (Wildman–Crippen MR) is 82.7 cm³/mol. The summed E-state index contributed by atoms with van der Waals surface area (Å²) < 4.78 is 7.33. The molecule has 0 radical (unpaired) electrons. The average Bonchev–Trinajstić information content (AvgIpc) is 3.23. The average molecular weight is 300 g/mol. The maximum Gasteiger partial charge on any atom is 0.315 e. The topological polar surface area (TPSA) is 68.2 Å². The molecule has 1 fully saturated rings. The molecule has 116 valence electrons. The Morgan fingerprint density at radius 3 is 2.82 bits per heavy atom. The van der Waals surface area contributed by atoms with Crippen LogP contribution >= 0.6 is 0 Å². The lowest BCUT2D eigenvalue weighted by molar-refractivity contribution is 0.237. The molecular weight excluding hydrogens is 280 g/mol. The summed E-state index contributed by atoms with van der Waals surface area (Å²) in [6.07, 6.45) is 5.68. The predicted octanol–water partition coefficient (Wildman–Crippen LogP) is 1.98. The highest BCUT2D eigenvalue weighted by molar-refractivity contribution is 5.75. The first-order valence-corrected chi connectivity index (χ1v) is 7.36. The second-order valence-corrected chi connectivity index (χ2v) is 5.46. The van der Waals surface area contributed by atoms with E-state index in [0.29, 0.717) is 6.04 Å². The summed E-state index contributed by atoms with van der Waals surface area (Å²) >= 11 is 0. The normalized spacial score (nSPS) is 15.2. The Morgan fingerprint density at radius 1 is 1.41 bits per heavy atom. The molecular formula is C16H20N4O2. The summed E-state index contributed by atoms with van der Waals surface area (Å²) in [7, 11) is 3.53. The summed E-state index contributed by atoms with van der Waals surface area (Å²) in [6.45, 7) is 0. The van der Waals surface area contributed by atoms with Crippen LogP contribution < -0.4 is 15.4 Å². The minimum atomic E-state index is -0.366. The number of nitrogens with zero attached hydrogens (tertiary/aromatic N) is 2. The van der Waals surface area contributed by atoms with E-state index in [0.717, 1.165) is 30.0 Å². The maximum atomic E-state index is 12.2. The molecule has 1 unspecified atom stereocenters. The first-order valence-electron chi connectivity index (χ1n) is 7.36. The number of nitrogens with one attached hydrogen (secondary N) is 2. The summed E-state index contributed by atoms with van der Waals surface area (Å²) in [4.78, 5) is 16.6. The van der Waals surface area contributed by atoms with Crippen LogP contribution in [0, 0.1) is 0 Å². The zero-order valence-corrected chi connectivity index (χ0v) is 12.7. The Kier molecular flexibility index (Phi) is 4.00. The molecule has 22 heavy (non-hydrogen) atoms. The van der Waals surface area contributed by atoms with Gasteiger partial charge in [0.2, 0.25) is 0 Å².